The molecule has 0 unspecified atom stereocenters. The summed E-state index contributed by atoms with van der Waals surface area (Å²) in [5.74, 6) is 0.267. The van der Waals surface area contributed by atoms with Crippen molar-refractivity contribution >= 4 is 21.6 Å². The topological polar surface area (TPSA) is 34.9 Å². The molecule has 1 aliphatic rings. The average Bonchev–Trinajstić information content (AvgIpc) is 3.24. The van der Waals surface area contributed by atoms with E-state index in [9.17, 15) is 9.18 Å². The van der Waals surface area contributed by atoms with E-state index in [0.29, 0.717) is 11.5 Å². The molecule has 0 radical (unpaired) electrons. The molecular weight excluding hydrogens is 347 g/mol. The summed E-state index contributed by atoms with van der Waals surface area (Å²) in [5, 5.41) is 0.728. The third-order valence-corrected chi connectivity index (χ3v) is 6.04. The van der Waals surface area contributed by atoms with Crippen LogP contribution in [0.25, 0.3) is 27.3 Å². The van der Waals surface area contributed by atoms with Crippen molar-refractivity contribution in [2.45, 2.75) is 19.3 Å². The monoisotopic (exact) mass is 362 g/mol. The molecule has 4 aromatic rings. The van der Waals surface area contributed by atoms with E-state index in [-0.39, 0.29) is 11.4 Å². The minimum absolute atomic E-state index is 0.0696. The van der Waals surface area contributed by atoms with Gasteiger partial charge in [-0.15, -0.1) is 11.3 Å². The zero-order valence-corrected chi connectivity index (χ0v) is 14.7. The molecule has 1 aliphatic carbocycles. The van der Waals surface area contributed by atoms with E-state index in [1.165, 1.54) is 17.0 Å². The van der Waals surface area contributed by atoms with E-state index in [0.717, 1.165) is 40.6 Å². The quantitative estimate of drug-likeness (QED) is 0.516. The maximum atomic E-state index is 13.5. The summed E-state index contributed by atoms with van der Waals surface area (Å²) in [7, 11) is 0. The van der Waals surface area contributed by atoms with Crippen molar-refractivity contribution in [3.63, 3.8) is 0 Å². The Labute approximate surface area is 153 Å². The SMILES string of the molecule is O=c1c2c3c(sc2nc(-c2ccccc2)n1-c1ccc(F)cc1)CCC3. The van der Waals surface area contributed by atoms with Gasteiger partial charge in [0.1, 0.15) is 16.5 Å². The average molecular weight is 362 g/mol. The van der Waals surface area contributed by atoms with E-state index in [4.69, 9.17) is 4.98 Å². The van der Waals surface area contributed by atoms with Gasteiger partial charge in [-0.25, -0.2) is 9.37 Å². The summed E-state index contributed by atoms with van der Waals surface area (Å²) >= 11 is 1.63. The zero-order valence-electron chi connectivity index (χ0n) is 13.9. The lowest BCUT2D eigenvalue weighted by molar-refractivity contribution is 0.627. The number of halogens is 1. The predicted molar refractivity (Wildman–Crippen MR) is 103 cm³/mol. The van der Waals surface area contributed by atoms with Crippen LogP contribution in [0.3, 0.4) is 0 Å². The van der Waals surface area contributed by atoms with Crippen molar-refractivity contribution < 1.29 is 4.39 Å². The fourth-order valence-corrected chi connectivity index (χ4v) is 4.91. The van der Waals surface area contributed by atoms with Crippen LogP contribution in [0.15, 0.2) is 59.4 Å². The summed E-state index contributed by atoms with van der Waals surface area (Å²) < 4.78 is 15.0. The summed E-state index contributed by atoms with van der Waals surface area (Å²) in [6.45, 7) is 0. The van der Waals surface area contributed by atoms with Crippen LogP contribution in [0.4, 0.5) is 4.39 Å². The predicted octanol–water partition coefficient (Wildman–Crippen LogP) is 4.74. The van der Waals surface area contributed by atoms with Crippen LogP contribution >= 0.6 is 11.3 Å². The lowest BCUT2D eigenvalue weighted by atomic mass is 10.1. The second-order valence-corrected chi connectivity index (χ2v) is 7.54. The van der Waals surface area contributed by atoms with Crippen molar-refractivity contribution in [1.29, 1.82) is 0 Å². The van der Waals surface area contributed by atoms with Crippen molar-refractivity contribution in [3.8, 4) is 17.1 Å². The van der Waals surface area contributed by atoms with E-state index >= 15 is 0 Å². The first-order valence-corrected chi connectivity index (χ1v) is 9.43. The number of aryl methyl sites for hydroxylation is 2. The molecule has 0 atom stereocenters. The Hall–Kier alpha value is -2.79. The second-order valence-electron chi connectivity index (χ2n) is 6.46. The van der Waals surface area contributed by atoms with Crippen LogP contribution in [-0.2, 0) is 12.8 Å². The van der Waals surface area contributed by atoms with E-state index < -0.39 is 0 Å². The molecule has 0 amide bonds. The van der Waals surface area contributed by atoms with Crippen LogP contribution in [0.1, 0.15) is 16.9 Å². The first kappa shape index (κ1) is 15.5. The highest BCUT2D eigenvalue weighted by Crippen LogP contribution is 2.36. The van der Waals surface area contributed by atoms with Crippen LogP contribution in [0.5, 0.6) is 0 Å². The van der Waals surface area contributed by atoms with Crippen molar-refractivity contribution in [3.05, 3.63) is 81.2 Å². The smallest absolute Gasteiger partial charge is 0.267 e. The number of fused-ring (bicyclic) bond motifs is 3. The van der Waals surface area contributed by atoms with Crippen molar-refractivity contribution in [2.75, 3.05) is 0 Å². The molecule has 0 saturated heterocycles. The highest BCUT2D eigenvalue weighted by molar-refractivity contribution is 7.18. The molecule has 26 heavy (non-hydrogen) atoms. The molecule has 0 fully saturated rings. The number of thiophene rings is 1. The van der Waals surface area contributed by atoms with Gasteiger partial charge in [-0.1, -0.05) is 30.3 Å². The minimum atomic E-state index is -0.325. The molecule has 5 rings (SSSR count). The van der Waals surface area contributed by atoms with Crippen LogP contribution in [-0.4, -0.2) is 9.55 Å². The van der Waals surface area contributed by atoms with Crippen LogP contribution < -0.4 is 5.56 Å². The van der Waals surface area contributed by atoms with Gasteiger partial charge in [0.2, 0.25) is 0 Å². The Balaban J connectivity index is 1.89. The van der Waals surface area contributed by atoms with Gasteiger partial charge in [0, 0.05) is 10.4 Å². The summed E-state index contributed by atoms with van der Waals surface area (Å²) in [6.07, 6.45) is 3.04. The Morgan fingerprint density at radius 1 is 1.00 bits per heavy atom. The van der Waals surface area contributed by atoms with Gasteiger partial charge in [0.05, 0.1) is 11.1 Å². The normalized spacial score (nSPS) is 13.3. The molecule has 0 spiro atoms. The van der Waals surface area contributed by atoms with Crippen molar-refractivity contribution in [2.24, 2.45) is 0 Å². The molecule has 0 N–H and O–H groups in total. The highest BCUT2D eigenvalue weighted by Gasteiger charge is 2.24. The number of benzene rings is 2. The molecule has 2 heterocycles. The first-order valence-electron chi connectivity index (χ1n) is 8.61. The zero-order chi connectivity index (χ0) is 17.7. The van der Waals surface area contributed by atoms with Crippen molar-refractivity contribution in [1.82, 2.24) is 9.55 Å². The van der Waals surface area contributed by atoms with Gasteiger partial charge < -0.3 is 0 Å². The molecular formula is C21H15FN2OS. The molecule has 0 bridgehead atoms. The van der Waals surface area contributed by atoms with Gasteiger partial charge in [0.25, 0.3) is 5.56 Å². The van der Waals surface area contributed by atoms with E-state index in [1.54, 1.807) is 28.0 Å². The number of nitrogens with zero attached hydrogens (tertiary/aromatic N) is 2. The molecule has 3 nitrogen and oxygen atoms in total. The van der Waals surface area contributed by atoms with Gasteiger partial charge in [-0.3, -0.25) is 9.36 Å². The van der Waals surface area contributed by atoms with Gasteiger partial charge >= 0.3 is 0 Å². The molecule has 128 valence electrons. The summed E-state index contributed by atoms with van der Waals surface area (Å²) in [5.41, 5.74) is 2.57. The maximum Gasteiger partial charge on any atom is 0.267 e. The molecule has 2 aromatic carbocycles. The largest absolute Gasteiger partial charge is 0.268 e. The fourth-order valence-electron chi connectivity index (χ4n) is 3.65. The number of aromatic nitrogens is 2. The Morgan fingerprint density at radius 3 is 2.54 bits per heavy atom. The van der Waals surface area contributed by atoms with Gasteiger partial charge in [-0.2, -0.15) is 0 Å². The van der Waals surface area contributed by atoms with Crippen LogP contribution in [0, 0.1) is 5.82 Å². The van der Waals surface area contributed by atoms with Gasteiger partial charge in [0.15, 0.2) is 0 Å². The number of rotatable bonds is 2. The summed E-state index contributed by atoms with van der Waals surface area (Å²) in [4.78, 5) is 20.4. The van der Waals surface area contributed by atoms with E-state index in [2.05, 4.69) is 0 Å². The number of hydrogen-bond acceptors (Lipinski definition) is 3. The third-order valence-electron chi connectivity index (χ3n) is 4.86. The molecule has 2 aromatic heterocycles. The van der Waals surface area contributed by atoms with Gasteiger partial charge in [-0.05, 0) is 49.1 Å². The molecule has 0 aliphatic heterocycles. The lowest BCUT2D eigenvalue weighted by Crippen LogP contribution is -2.22. The van der Waals surface area contributed by atoms with Crippen LogP contribution in [0.2, 0.25) is 0 Å². The van der Waals surface area contributed by atoms with E-state index in [1.807, 2.05) is 30.3 Å². The Morgan fingerprint density at radius 2 is 1.77 bits per heavy atom. The summed E-state index contributed by atoms with van der Waals surface area (Å²) in [6, 6.07) is 15.7. The molecule has 5 heteroatoms. The molecule has 0 saturated carbocycles. The fraction of sp³-hybridized carbons (Fsp3) is 0.143. The Bertz CT molecular complexity index is 1180. The maximum absolute atomic E-state index is 13.5. The minimum Gasteiger partial charge on any atom is -0.268 e. The second kappa shape index (κ2) is 5.88. The first-order chi connectivity index (χ1) is 12.7. The third kappa shape index (κ3) is 2.31. The Kier molecular flexibility index (Phi) is 3.50. The number of hydrogen-bond donors (Lipinski definition) is 0. The highest BCUT2D eigenvalue weighted by atomic mass is 32.1. The standard InChI is InChI=1S/C21H15FN2OS/c22-14-9-11-15(12-10-14)24-19(13-5-2-1-3-6-13)23-20-18(21(24)25)16-7-4-8-17(16)26-20/h1-3,5-6,9-12H,4,7-8H2. The lowest BCUT2D eigenvalue weighted by Gasteiger charge is -2.13.